The van der Waals surface area contributed by atoms with Crippen LogP contribution >= 0.6 is 15.9 Å². The lowest BCUT2D eigenvalue weighted by atomic mass is 10.1. The average molecular weight is 528 g/mol. The number of carbonyl (C=O) groups excluding carboxylic acids is 2. The monoisotopic (exact) mass is 527 g/mol. The summed E-state index contributed by atoms with van der Waals surface area (Å²) in [6, 6.07) is 10.4. The smallest absolute Gasteiger partial charge is 0.294 e. The number of nitrogens with zero attached hydrogens (tertiary/aromatic N) is 1. The highest BCUT2D eigenvalue weighted by atomic mass is 79.9. The number of aromatic nitrogens is 1. The second kappa shape index (κ2) is 9.64. The summed E-state index contributed by atoms with van der Waals surface area (Å²) >= 11 is 3.22. The molecular formula is C23H22BrN5O5. The number of nitro benzene ring substituents is 1. The van der Waals surface area contributed by atoms with Gasteiger partial charge in [0.25, 0.3) is 17.5 Å². The van der Waals surface area contributed by atoms with Crippen molar-refractivity contribution in [3.63, 3.8) is 0 Å². The number of amides is 2. The van der Waals surface area contributed by atoms with Crippen LogP contribution in [0.1, 0.15) is 40.0 Å². The summed E-state index contributed by atoms with van der Waals surface area (Å²) in [5.41, 5.74) is 0.408. The molecule has 2 amide bonds. The van der Waals surface area contributed by atoms with Gasteiger partial charge in [-0.2, -0.15) is 0 Å². The first-order valence-electron chi connectivity index (χ1n) is 10.7. The molecule has 4 N–H and O–H groups in total. The molecule has 2 aromatic carbocycles. The number of benzene rings is 2. The summed E-state index contributed by atoms with van der Waals surface area (Å²) in [6.07, 6.45) is 2.06. The largest absolute Gasteiger partial charge is 0.374 e. The molecule has 34 heavy (non-hydrogen) atoms. The van der Waals surface area contributed by atoms with Gasteiger partial charge in [0.1, 0.15) is 5.69 Å². The zero-order valence-electron chi connectivity index (χ0n) is 18.2. The maximum absolute atomic E-state index is 13.1. The van der Waals surface area contributed by atoms with Crippen molar-refractivity contribution in [1.82, 2.24) is 15.6 Å². The Morgan fingerprint density at radius 3 is 2.56 bits per heavy atom. The van der Waals surface area contributed by atoms with Crippen LogP contribution in [0.2, 0.25) is 0 Å². The molecule has 0 spiro atoms. The van der Waals surface area contributed by atoms with Crippen LogP contribution < -0.4 is 21.5 Å². The number of carbonyl (C=O) groups is 2. The number of hydrogen-bond acceptors (Lipinski definition) is 6. The molecule has 1 heterocycles. The van der Waals surface area contributed by atoms with E-state index in [4.69, 9.17) is 0 Å². The molecule has 3 aromatic rings. The number of nitrogens with one attached hydrogen (secondary N) is 4. The summed E-state index contributed by atoms with van der Waals surface area (Å²) in [7, 11) is 1.45. The molecule has 0 unspecified atom stereocenters. The molecule has 1 aromatic heterocycles. The molecule has 0 radical (unpaired) electrons. The van der Waals surface area contributed by atoms with Crippen LogP contribution in [0.25, 0.3) is 10.9 Å². The maximum atomic E-state index is 13.1. The number of halogens is 1. The van der Waals surface area contributed by atoms with Crippen LogP contribution in [-0.4, -0.2) is 40.9 Å². The second-order valence-electron chi connectivity index (χ2n) is 8.04. The summed E-state index contributed by atoms with van der Waals surface area (Å²) in [4.78, 5) is 51.5. The second-order valence-corrected chi connectivity index (χ2v) is 8.95. The standard InChI is InChI=1S/C23H22BrN5O5/c1-25-22(31)15-9-12(24)10-19(29(33)34)21(15)27-17-7-4-8-18(17)28-23(32)14-11-20(30)26-16-6-3-2-5-13(14)16/h2-3,5-6,9-11,17-18,27H,4,7-8H2,1H3,(H,25,31)(H,26,30)(H,28,32)/t17-,18+/m0/s1. The van der Waals surface area contributed by atoms with E-state index >= 15 is 0 Å². The Hall–Kier alpha value is -3.73. The van der Waals surface area contributed by atoms with Gasteiger partial charge in [0.2, 0.25) is 5.56 Å². The predicted octanol–water partition coefficient (Wildman–Crippen LogP) is 3.32. The predicted molar refractivity (Wildman–Crippen MR) is 131 cm³/mol. The van der Waals surface area contributed by atoms with Gasteiger partial charge < -0.3 is 20.9 Å². The van der Waals surface area contributed by atoms with Crippen molar-refractivity contribution in [2.24, 2.45) is 0 Å². The number of anilines is 1. The summed E-state index contributed by atoms with van der Waals surface area (Å²) in [5, 5.41) is 21.0. The lowest BCUT2D eigenvalue weighted by Gasteiger charge is -2.24. The molecule has 1 aliphatic carbocycles. The van der Waals surface area contributed by atoms with Crippen LogP contribution in [-0.2, 0) is 0 Å². The molecular weight excluding hydrogens is 506 g/mol. The molecule has 1 saturated carbocycles. The van der Waals surface area contributed by atoms with Gasteiger partial charge in [0.15, 0.2) is 0 Å². The zero-order valence-corrected chi connectivity index (χ0v) is 19.8. The van der Waals surface area contributed by atoms with Crippen LogP contribution in [0.5, 0.6) is 0 Å². The first kappa shape index (κ1) is 23.4. The van der Waals surface area contributed by atoms with Crippen LogP contribution in [0, 0.1) is 10.1 Å². The Kier molecular flexibility index (Phi) is 6.64. The first-order chi connectivity index (χ1) is 16.3. The van der Waals surface area contributed by atoms with E-state index in [1.807, 2.05) is 0 Å². The van der Waals surface area contributed by atoms with Crippen molar-refractivity contribution in [1.29, 1.82) is 0 Å². The maximum Gasteiger partial charge on any atom is 0.294 e. The van der Waals surface area contributed by atoms with E-state index in [0.717, 1.165) is 6.42 Å². The Balaban J connectivity index is 1.64. The molecule has 1 fully saturated rings. The van der Waals surface area contributed by atoms with Crippen LogP contribution in [0.3, 0.4) is 0 Å². The molecule has 2 atom stereocenters. The van der Waals surface area contributed by atoms with E-state index in [9.17, 15) is 24.5 Å². The van der Waals surface area contributed by atoms with E-state index in [-0.39, 0.29) is 40.1 Å². The summed E-state index contributed by atoms with van der Waals surface area (Å²) < 4.78 is 0.404. The van der Waals surface area contributed by atoms with Gasteiger partial charge in [-0.05, 0) is 31.4 Å². The molecule has 11 heteroatoms. The Morgan fingerprint density at radius 1 is 1.09 bits per heavy atom. The summed E-state index contributed by atoms with van der Waals surface area (Å²) in [6.45, 7) is 0. The van der Waals surface area contributed by atoms with Crippen molar-refractivity contribution in [2.45, 2.75) is 31.3 Å². The van der Waals surface area contributed by atoms with Crippen molar-refractivity contribution in [3.8, 4) is 0 Å². The van der Waals surface area contributed by atoms with E-state index in [2.05, 4.69) is 36.9 Å². The van der Waals surface area contributed by atoms with Crippen molar-refractivity contribution >= 4 is 50.0 Å². The molecule has 0 bridgehead atoms. The van der Waals surface area contributed by atoms with Gasteiger partial charge in [0.05, 0.1) is 16.1 Å². The van der Waals surface area contributed by atoms with Gasteiger partial charge in [-0.15, -0.1) is 0 Å². The number of aromatic amines is 1. The number of hydrogen-bond donors (Lipinski definition) is 4. The highest BCUT2D eigenvalue weighted by Crippen LogP contribution is 2.35. The van der Waals surface area contributed by atoms with E-state index in [0.29, 0.717) is 28.2 Å². The van der Waals surface area contributed by atoms with E-state index < -0.39 is 16.7 Å². The Morgan fingerprint density at radius 2 is 1.82 bits per heavy atom. The van der Waals surface area contributed by atoms with Crippen molar-refractivity contribution < 1.29 is 14.5 Å². The molecule has 0 saturated heterocycles. The highest BCUT2D eigenvalue weighted by Gasteiger charge is 2.33. The molecule has 4 rings (SSSR count). The van der Waals surface area contributed by atoms with Crippen LogP contribution in [0.4, 0.5) is 11.4 Å². The third-order valence-corrected chi connectivity index (χ3v) is 6.37. The van der Waals surface area contributed by atoms with E-state index in [1.165, 1.54) is 25.2 Å². The minimum Gasteiger partial charge on any atom is -0.374 e. The normalized spacial score (nSPS) is 17.4. The number of H-pyrrole nitrogens is 1. The van der Waals surface area contributed by atoms with Crippen molar-refractivity contribution in [2.75, 3.05) is 12.4 Å². The Labute approximate surface area is 202 Å². The fraction of sp³-hybridized carbons (Fsp3) is 0.261. The molecule has 1 aliphatic rings. The number of rotatable bonds is 6. The quantitative estimate of drug-likeness (QED) is 0.285. The number of para-hydroxylation sites is 1. The number of pyridine rings is 1. The third kappa shape index (κ3) is 4.65. The summed E-state index contributed by atoms with van der Waals surface area (Å²) in [5.74, 6) is -0.877. The van der Waals surface area contributed by atoms with Crippen molar-refractivity contribution in [3.05, 3.63) is 78.5 Å². The highest BCUT2D eigenvalue weighted by molar-refractivity contribution is 9.10. The van der Waals surface area contributed by atoms with Gasteiger partial charge in [0, 0.05) is 46.6 Å². The Bertz CT molecular complexity index is 1360. The van der Waals surface area contributed by atoms with Gasteiger partial charge >= 0.3 is 0 Å². The fourth-order valence-electron chi connectivity index (χ4n) is 4.33. The number of fused-ring (bicyclic) bond motifs is 1. The third-order valence-electron chi connectivity index (χ3n) is 5.91. The van der Waals surface area contributed by atoms with Gasteiger partial charge in [-0.25, -0.2) is 0 Å². The fourth-order valence-corrected chi connectivity index (χ4v) is 4.78. The molecule has 0 aliphatic heterocycles. The topological polar surface area (TPSA) is 146 Å². The van der Waals surface area contributed by atoms with Gasteiger partial charge in [-0.3, -0.25) is 24.5 Å². The number of nitro groups is 1. The lowest BCUT2D eigenvalue weighted by Crippen LogP contribution is -2.44. The first-order valence-corrected chi connectivity index (χ1v) is 11.5. The zero-order chi connectivity index (χ0) is 24.4. The van der Waals surface area contributed by atoms with Crippen LogP contribution in [0.15, 0.2) is 51.7 Å². The molecule has 10 nitrogen and oxygen atoms in total. The van der Waals surface area contributed by atoms with E-state index in [1.54, 1.807) is 24.3 Å². The SMILES string of the molecule is CNC(=O)c1cc(Br)cc([N+](=O)[O-])c1N[C@H]1CCC[C@H]1NC(=O)c1cc(=O)[nH]c2ccccc12. The van der Waals surface area contributed by atoms with Gasteiger partial charge in [-0.1, -0.05) is 34.1 Å². The lowest BCUT2D eigenvalue weighted by molar-refractivity contribution is -0.384. The molecule has 176 valence electrons. The minimum atomic E-state index is -0.551. The average Bonchev–Trinajstić information content (AvgIpc) is 3.24. The minimum absolute atomic E-state index is 0.0975.